The monoisotopic (exact) mass is 283 g/mol. The van der Waals surface area contributed by atoms with Crippen LogP contribution in [0.4, 0.5) is 0 Å². The largest absolute Gasteiger partial charge is 0.469 e. The number of benzene rings is 1. The summed E-state index contributed by atoms with van der Waals surface area (Å²) < 4.78 is 15.9. The topological polar surface area (TPSA) is 55.4 Å². The molecule has 0 aliphatic rings. The van der Waals surface area contributed by atoms with Gasteiger partial charge in [-0.15, -0.1) is 0 Å². The molecule has 0 saturated carbocycles. The molecule has 2 unspecified atom stereocenters. The highest BCUT2D eigenvalue weighted by molar-refractivity contribution is 7.84. The smallest absolute Gasteiger partial charge is 0.309 e. The molecule has 0 aliphatic carbocycles. The molecule has 1 rings (SSSR count). The zero-order chi connectivity index (χ0) is 14.3. The predicted molar refractivity (Wildman–Crippen MR) is 77.4 cm³/mol. The molecule has 1 aromatic rings. The lowest BCUT2D eigenvalue weighted by Crippen LogP contribution is -2.27. The Balaban J connectivity index is 2.58. The Bertz CT molecular complexity index is 448. The van der Waals surface area contributed by atoms with Gasteiger partial charge in [0.05, 0.1) is 13.5 Å². The Morgan fingerprint density at radius 2 is 2.00 bits per heavy atom. The summed E-state index contributed by atoms with van der Waals surface area (Å²) in [5.74, 6) is -0.240. The third-order valence-corrected chi connectivity index (χ3v) is 4.29. The van der Waals surface area contributed by atoms with E-state index in [2.05, 4.69) is 10.1 Å². The Hall–Kier alpha value is -1.20. The van der Waals surface area contributed by atoms with E-state index in [0.29, 0.717) is 13.1 Å². The van der Waals surface area contributed by atoms with Crippen molar-refractivity contribution in [3.8, 4) is 0 Å². The molecule has 1 aromatic carbocycles. The molecule has 0 fully saturated rings. The molecule has 19 heavy (non-hydrogen) atoms. The first-order valence-corrected chi connectivity index (χ1v) is 7.83. The Morgan fingerprint density at radius 3 is 2.58 bits per heavy atom. The van der Waals surface area contributed by atoms with Crippen molar-refractivity contribution in [2.45, 2.75) is 25.1 Å². The second-order valence-corrected chi connectivity index (χ2v) is 6.26. The van der Waals surface area contributed by atoms with Gasteiger partial charge in [0.1, 0.15) is 0 Å². The van der Waals surface area contributed by atoms with Crippen molar-refractivity contribution in [2.75, 3.05) is 19.9 Å². The standard InChI is InChI=1S/C14H21NO3S/c1-11(19(3)17)9-15-10-13-7-5-4-6-12(13)8-14(16)18-2/h4-7,11,15H,8-10H2,1-3H3. The van der Waals surface area contributed by atoms with Gasteiger partial charge in [0.15, 0.2) is 0 Å². The van der Waals surface area contributed by atoms with E-state index >= 15 is 0 Å². The van der Waals surface area contributed by atoms with Gasteiger partial charge in [-0.25, -0.2) is 0 Å². The molecule has 0 spiro atoms. The zero-order valence-corrected chi connectivity index (χ0v) is 12.5. The summed E-state index contributed by atoms with van der Waals surface area (Å²) in [6.07, 6.45) is 1.99. The van der Waals surface area contributed by atoms with Gasteiger partial charge in [-0.3, -0.25) is 9.00 Å². The lowest BCUT2D eigenvalue weighted by molar-refractivity contribution is -0.139. The van der Waals surface area contributed by atoms with Gasteiger partial charge < -0.3 is 10.1 Å². The number of hydrogen-bond donors (Lipinski definition) is 1. The molecule has 0 bridgehead atoms. The van der Waals surface area contributed by atoms with E-state index in [1.54, 1.807) is 6.26 Å². The molecule has 4 nitrogen and oxygen atoms in total. The fourth-order valence-corrected chi connectivity index (χ4v) is 2.01. The van der Waals surface area contributed by atoms with E-state index in [0.717, 1.165) is 11.1 Å². The first-order valence-electron chi connectivity index (χ1n) is 6.21. The second-order valence-electron chi connectivity index (χ2n) is 4.46. The van der Waals surface area contributed by atoms with E-state index < -0.39 is 10.8 Å². The Labute approximate surface area is 117 Å². The molecular weight excluding hydrogens is 262 g/mol. The molecule has 0 heterocycles. The van der Waals surface area contributed by atoms with Gasteiger partial charge in [-0.1, -0.05) is 24.3 Å². The average molecular weight is 283 g/mol. The third kappa shape index (κ3) is 5.53. The summed E-state index contributed by atoms with van der Waals surface area (Å²) in [4.78, 5) is 11.3. The number of nitrogens with one attached hydrogen (secondary N) is 1. The van der Waals surface area contributed by atoms with Crippen molar-refractivity contribution in [1.29, 1.82) is 0 Å². The minimum Gasteiger partial charge on any atom is -0.469 e. The van der Waals surface area contributed by atoms with Crippen LogP contribution in [0.15, 0.2) is 24.3 Å². The molecule has 5 heteroatoms. The minimum absolute atomic E-state index is 0.118. The van der Waals surface area contributed by atoms with E-state index in [4.69, 9.17) is 0 Å². The fourth-order valence-electron chi connectivity index (χ4n) is 1.66. The van der Waals surface area contributed by atoms with Crippen molar-refractivity contribution in [1.82, 2.24) is 5.32 Å². The van der Waals surface area contributed by atoms with E-state index in [9.17, 15) is 9.00 Å². The molecule has 2 atom stereocenters. The fraction of sp³-hybridized carbons (Fsp3) is 0.500. The van der Waals surface area contributed by atoms with Crippen LogP contribution in [0.5, 0.6) is 0 Å². The van der Waals surface area contributed by atoms with Crippen molar-refractivity contribution in [3.05, 3.63) is 35.4 Å². The van der Waals surface area contributed by atoms with Gasteiger partial charge >= 0.3 is 5.97 Å². The quantitative estimate of drug-likeness (QED) is 0.765. The van der Waals surface area contributed by atoms with Crippen LogP contribution in [0.2, 0.25) is 0 Å². The number of rotatable bonds is 7. The number of esters is 1. The Kier molecular flexibility index (Phi) is 6.73. The number of ether oxygens (including phenoxy) is 1. The number of carbonyl (C=O) groups excluding carboxylic acids is 1. The maximum atomic E-state index is 11.3. The molecule has 0 radical (unpaired) electrons. The van der Waals surface area contributed by atoms with E-state index in [-0.39, 0.29) is 17.6 Å². The first kappa shape index (κ1) is 15.9. The highest BCUT2D eigenvalue weighted by Crippen LogP contribution is 2.10. The molecular formula is C14H21NO3S. The molecule has 0 amide bonds. The van der Waals surface area contributed by atoms with Crippen LogP contribution < -0.4 is 5.32 Å². The molecule has 0 aliphatic heterocycles. The molecule has 1 N–H and O–H groups in total. The number of hydrogen-bond acceptors (Lipinski definition) is 4. The number of methoxy groups -OCH3 is 1. The van der Waals surface area contributed by atoms with Crippen LogP contribution in [0.1, 0.15) is 18.1 Å². The van der Waals surface area contributed by atoms with Crippen LogP contribution in [-0.4, -0.2) is 35.3 Å². The van der Waals surface area contributed by atoms with Crippen LogP contribution in [0, 0.1) is 0 Å². The van der Waals surface area contributed by atoms with Gasteiger partial charge in [-0.05, 0) is 18.1 Å². The highest BCUT2D eigenvalue weighted by Gasteiger charge is 2.09. The molecule has 0 aromatic heterocycles. The van der Waals surface area contributed by atoms with Crippen molar-refractivity contribution in [2.24, 2.45) is 0 Å². The third-order valence-electron chi connectivity index (χ3n) is 2.99. The van der Waals surface area contributed by atoms with Gasteiger partial charge in [0.2, 0.25) is 0 Å². The normalized spacial score (nSPS) is 13.8. The Morgan fingerprint density at radius 1 is 1.37 bits per heavy atom. The summed E-state index contributed by atoms with van der Waals surface area (Å²) in [6.45, 7) is 3.30. The highest BCUT2D eigenvalue weighted by atomic mass is 32.2. The van der Waals surface area contributed by atoms with Crippen LogP contribution in [0.3, 0.4) is 0 Å². The molecule has 0 saturated heterocycles. The zero-order valence-electron chi connectivity index (χ0n) is 11.6. The van der Waals surface area contributed by atoms with Crippen LogP contribution in [0.25, 0.3) is 0 Å². The second kappa shape index (κ2) is 8.07. The average Bonchev–Trinajstić information content (AvgIpc) is 2.40. The van der Waals surface area contributed by atoms with Crippen molar-refractivity contribution in [3.63, 3.8) is 0 Å². The lowest BCUT2D eigenvalue weighted by Gasteiger charge is -2.12. The lowest BCUT2D eigenvalue weighted by atomic mass is 10.0. The maximum absolute atomic E-state index is 11.3. The summed E-state index contributed by atoms with van der Waals surface area (Å²) >= 11 is 0. The van der Waals surface area contributed by atoms with Crippen molar-refractivity contribution < 1.29 is 13.7 Å². The minimum atomic E-state index is -0.821. The maximum Gasteiger partial charge on any atom is 0.309 e. The molecule has 106 valence electrons. The van der Waals surface area contributed by atoms with Crippen LogP contribution in [-0.2, 0) is 33.3 Å². The summed E-state index contributed by atoms with van der Waals surface area (Å²) in [5.41, 5.74) is 2.04. The summed E-state index contributed by atoms with van der Waals surface area (Å²) in [7, 11) is 0.570. The predicted octanol–water partition coefficient (Wildman–Crippen LogP) is 1.26. The van der Waals surface area contributed by atoms with Gasteiger partial charge in [0, 0.05) is 35.4 Å². The number of carbonyl (C=O) groups is 1. The van der Waals surface area contributed by atoms with Crippen LogP contribution >= 0.6 is 0 Å². The van der Waals surface area contributed by atoms with E-state index in [1.165, 1.54) is 7.11 Å². The van der Waals surface area contributed by atoms with Gasteiger partial charge in [0.25, 0.3) is 0 Å². The van der Waals surface area contributed by atoms with E-state index in [1.807, 2.05) is 31.2 Å². The first-order chi connectivity index (χ1) is 9.04. The van der Waals surface area contributed by atoms with Gasteiger partial charge in [-0.2, -0.15) is 0 Å². The summed E-state index contributed by atoms with van der Waals surface area (Å²) in [5, 5.41) is 3.39. The van der Waals surface area contributed by atoms with Crippen molar-refractivity contribution >= 4 is 16.8 Å². The SMILES string of the molecule is COC(=O)Cc1ccccc1CNCC(C)S(C)=O. The summed E-state index contributed by atoms with van der Waals surface area (Å²) in [6, 6.07) is 7.76.